The minimum absolute atomic E-state index is 0.122. The first kappa shape index (κ1) is 16.9. The lowest BCUT2D eigenvalue weighted by Gasteiger charge is -2.10. The van der Waals surface area contributed by atoms with Gasteiger partial charge in [0, 0.05) is 0 Å². The van der Waals surface area contributed by atoms with E-state index in [1.54, 1.807) is 0 Å². The summed E-state index contributed by atoms with van der Waals surface area (Å²) in [6.07, 6.45) is 0.244. The Labute approximate surface area is 137 Å². The minimum atomic E-state index is -0.501. The molecule has 3 heteroatoms. The van der Waals surface area contributed by atoms with Crippen LogP contribution in [0.15, 0.2) is 36.4 Å². The first-order chi connectivity index (χ1) is 10.9. The van der Waals surface area contributed by atoms with Crippen molar-refractivity contribution in [2.45, 2.75) is 40.5 Å². The average Bonchev–Trinajstić information content (AvgIpc) is 2.47. The molecule has 0 saturated heterocycles. The van der Waals surface area contributed by atoms with Crippen LogP contribution >= 0.6 is 0 Å². The summed E-state index contributed by atoms with van der Waals surface area (Å²) in [5, 5.41) is 0. The van der Waals surface area contributed by atoms with Crippen LogP contribution in [0.3, 0.4) is 0 Å². The molecule has 23 heavy (non-hydrogen) atoms. The number of rotatable bonds is 4. The van der Waals surface area contributed by atoms with Crippen molar-refractivity contribution in [3.05, 3.63) is 69.8 Å². The van der Waals surface area contributed by atoms with Crippen LogP contribution in [-0.4, -0.2) is 11.9 Å². The third kappa shape index (κ3) is 4.28. The molecule has 0 saturated carbocycles. The summed E-state index contributed by atoms with van der Waals surface area (Å²) in [7, 11) is 0. The molecule has 0 heterocycles. The summed E-state index contributed by atoms with van der Waals surface area (Å²) in [5.74, 6) is -1.00. The van der Waals surface area contributed by atoms with Crippen molar-refractivity contribution in [1.82, 2.24) is 0 Å². The molecule has 0 atom stereocenters. The van der Waals surface area contributed by atoms with Gasteiger partial charge < -0.3 is 4.74 Å². The van der Waals surface area contributed by atoms with Crippen LogP contribution in [0.25, 0.3) is 0 Å². The Morgan fingerprint density at radius 3 is 1.30 bits per heavy atom. The predicted molar refractivity (Wildman–Crippen MR) is 90.3 cm³/mol. The van der Waals surface area contributed by atoms with Crippen molar-refractivity contribution in [2.75, 3.05) is 0 Å². The summed E-state index contributed by atoms with van der Waals surface area (Å²) >= 11 is 0. The van der Waals surface area contributed by atoms with Crippen LogP contribution in [0.2, 0.25) is 0 Å². The zero-order valence-electron chi connectivity index (χ0n) is 14.1. The number of hydrogen-bond acceptors (Lipinski definition) is 3. The highest BCUT2D eigenvalue weighted by molar-refractivity contribution is 5.88. The highest BCUT2D eigenvalue weighted by Crippen LogP contribution is 2.16. The third-order valence-electron chi connectivity index (χ3n) is 4.16. The van der Waals surface area contributed by atoms with Gasteiger partial charge >= 0.3 is 11.9 Å². The Bertz CT molecular complexity index is 641. The SMILES string of the molecule is Cc1cccc(C)c1CC(=O)OC(=O)Cc1c(C)cccc1C. The molecule has 2 aromatic carbocycles. The van der Waals surface area contributed by atoms with Crippen molar-refractivity contribution in [2.24, 2.45) is 0 Å². The molecule has 0 unspecified atom stereocenters. The van der Waals surface area contributed by atoms with E-state index in [-0.39, 0.29) is 12.8 Å². The first-order valence-corrected chi connectivity index (χ1v) is 7.72. The Kier molecular flexibility index (Phi) is 5.32. The molecule has 0 radical (unpaired) electrons. The quantitative estimate of drug-likeness (QED) is 0.637. The molecular weight excluding hydrogens is 288 g/mol. The first-order valence-electron chi connectivity index (χ1n) is 7.72. The van der Waals surface area contributed by atoms with Gasteiger partial charge in [-0.2, -0.15) is 0 Å². The number of ether oxygens (including phenoxy) is 1. The lowest BCUT2D eigenvalue weighted by Crippen LogP contribution is -2.18. The molecule has 2 aromatic rings. The number of benzene rings is 2. The van der Waals surface area contributed by atoms with E-state index in [9.17, 15) is 9.59 Å². The van der Waals surface area contributed by atoms with Gasteiger partial charge in [-0.05, 0) is 61.1 Å². The number of aryl methyl sites for hydroxylation is 4. The molecular formula is C20H22O3. The van der Waals surface area contributed by atoms with Crippen LogP contribution in [0, 0.1) is 27.7 Å². The molecule has 0 aliphatic heterocycles. The minimum Gasteiger partial charge on any atom is -0.393 e. The van der Waals surface area contributed by atoms with Crippen LogP contribution in [0.4, 0.5) is 0 Å². The Hall–Kier alpha value is -2.42. The molecule has 3 nitrogen and oxygen atoms in total. The van der Waals surface area contributed by atoms with Crippen molar-refractivity contribution < 1.29 is 14.3 Å². The third-order valence-corrected chi connectivity index (χ3v) is 4.16. The average molecular weight is 310 g/mol. The van der Waals surface area contributed by atoms with Crippen molar-refractivity contribution in [3.63, 3.8) is 0 Å². The maximum Gasteiger partial charge on any atom is 0.317 e. The van der Waals surface area contributed by atoms with Gasteiger partial charge in [-0.3, -0.25) is 9.59 Å². The van der Waals surface area contributed by atoms with E-state index < -0.39 is 11.9 Å². The molecule has 2 rings (SSSR count). The maximum atomic E-state index is 12.0. The van der Waals surface area contributed by atoms with E-state index in [1.165, 1.54) is 0 Å². The normalized spacial score (nSPS) is 10.4. The zero-order chi connectivity index (χ0) is 17.0. The van der Waals surface area contributed by atoms with Gasteiger partial charge in [0.05, 0.1) is 12.8 Å². The van der Waals surface area contributed by atoms with Crippen molar-refractivity contribution in [3.8, 4) is 0 Å². The molecule has 0 amide bonds. The Balaban J connectivity index is 2.02. The number of esters is 2. The summed E-state index contributed by atoms with van der Waals surface area (Å²) in [5.41, 5.74) is 5.98. The van der Waals surface area contributed by atoms with Gasteiger partial charge in [0.15, 0.2) is 0 Å². The molecule has 0 fully saturated rings. The highest BCUT2D eigenvalue weighted by atomic mass is 16.6. The predicted octanol–water partition coefficient (Wildman–Crippen LogP) is 3.78. The molecule has 0 aliphatic carbocycles. The van der Waals surface area contributed by atoms with Gasteiger partial charge in [-0.25, -0.2) is 0 Å². The maximum absolute atomic E-state index is 12.0. The van der Waals surface area contributed by atoms with Crippen molar-refractivity contribution in [1.29, 1.82) is 0 Å². The lowest BCUT2D eigenvalue weighted by molar-refractivity contribution is -0.158. The standard InChI is InChI=1S/C20H22O3/c1-13-7-5-8-14(2)17(13)11-19(21)23-20(22)12-18-15(3)9-6-10-16(18)4/h5-10H,11-12H2,1-4H3. The van der Waals surface area contributed by atoms with E-state index in [1.807, 2.05) is 64.1 Å². The second-order valence-corrected chi connectivity index (χ2v) is 5.94. The monoisotopic (exact) mass is 310 g/mol. The molecule has 0 aliphatic rings. The lowest BCUT2D eigenvalue weighted by atomic mass is 10.00. The Morgan fingerprint density at radius 1 is 0.696 bits per heavy atom. The van der Waals surface area contributed by atoms with Gasteiger partial charge in [-0.1, -0.05) is 36.4 Å². The summed E-state index contributed by atoms with van der Waals surface area (Å²) in [4.78, 5) is 24.1. The van der Waals surface area contributed by atoms with E-state index >= 15 is 0 Å². The van der Waals surface area contributed by atoms with E-state index in [2.05, 4.69) is 0 Å². The van der Waals surface area contributed by atoms with Gasteiger partial charge in [0.25, 0.3) is 0 Å². The van der Waals surface area contributed by atoms with Crippen LogP contribution in [0.1, 0.15) is 33.4 Å². The van der Waals surface area contributed by atoms with Gasteiger partial charge in [-0.15, -0.1) is 0 Å². The molecule has 0 bridgehead atoms. The van der Waals surface area contributed by atoms with Gasteiger partial charge in [0.1, 0.15) is 0 Å². The molecule has 0 N–H and O–H groups in total. The summed E-state index contributed by atoms with van der Waals surface area (Å²) in [6.45, 7) is 7.81. The fourth-order valence-electron chi connectivity index (χ4n) is 2.74. The number of hydrogen-bond donors (Lipinski definition) is 0. The Morgan fingerprint density at radius 2 is 1.00 bits per heavy atom. The van der Waals surface area contributed by atoms with E-state index in [0.717, 1.165) is 33.4 Å². The highest BCUT2D eigenvalue weighted by Gasteiger charge is 2.16. The second kappa shape index (κ2) is 7.23. The van der Waals surface area contributed by atoms with Crippen LogP contribution < -0.4 is 0 Å². The van der Waals surface area contributed by atoms with Gasteiger partial charge in [0.2, 0.25) is 0 Å². The number of carbonyl (C=O) groups excluding carboxylic acids is 2. The topological polar surface area (TPSA) is 43.4 Å². The molecule has 0 aromatic heterocycles. The zero-order valence-corrected chi connectivity index (χ0v) is 14.1. The number of carbonyl (C=O) groups is 2. The second-order valence-electron chi connectivity index (χ2n) is 5.94. The molecule has 0 spiro atoms. The molecule has 120 valence electrons. The van der Waals surface area contributed by atoms with Crippen molar-refractivity contribution >= 4 is 11.9 Å². The van der Waals surface area contributed by atoms with E-state index in [0.29, 0.717) is 0 Å². The summed E-state index contributed by atoms with van der Waals surface area (Å²) in [6, 6.07) is 11.7. The largest absolute Gasteiger partial charge is 0.393 e. The summed E-state index contributed by atoms with van der Waals surface area (Å²) < 4.78 is 5.00. The fraction of sp³-hybridized carbons (Fsp3) is 0.300. The van der Waals surface area contributed by atoms with Crippen LogP contribution in [0.5, 0.6) is 0 Å². The smallest absolute Gasteiger partial charge is 0.317 e. The van der Waals surface area contributed by atoms with E-state index in [4.69, 9.17) is 4.74 Å². The fourth-order valence-corrected chi connectivity index (χ4v) is 2.74. The van der Waals surface area contributed by atoms with Crippen LogP contribution in [-0.2, 0) is 27.2 Å².